The molecule has 0 unspecified atom stereocenters. The highest BCUT2D eigenvalue weighted by molar-refractivity contribution is 5.95. The van der Waals surface area contributed by atoms with E-state index in [1.165, 1.54) is 5.56 Å². The minimum Gasteiger partial charge on any atom is -0.391 e. The Morgan fingerprint density at radius 2 is 1.88 bits per heavy atom. The second-order valence-corrected chi connectivity index (χ2v) is 8.40. The molecule has 1 aromatic carbocycles. The standard InChI is InChI=1S/C21H29N3O2/c1-14-9-11-15(12-10-14)24-13-16(19(22-24)21(2,3)4)20(26)23(5)17-7-6-8-18(17)25/h9-13,17-18,25H,6-8H2,1-5H3/t17-,18-/m1/s1. The van der Waals surface area contributed by atoms with Gasteiger partial charge in [-0.2, -0.15) is 5.10 Å². The zero-order chi connectivity index (χ0) is 19.1. The van der Waals surface area contributed by atoms with E-state index in [2.05, 4.69) is 20.8 Å². The van der Waals surface area contributed by atoms with Gasteiger partial charge in [0.15, 0.2) is 0 Å². The van der Waals surface area contributed by atoms with Gasteiger partial charge in [0.1, 0.15) is 0 Å². The maximum absolute atomic E-state index is 13.2. The Kier molecular flexibility index (Phi) is 4.93. The summed E-state index contributed by atoms with van der Waals surface area (Å²) in [6, 6.07) is 7.98. The number of carbonyl (C=O) groups excluding carboxylic acids is 1. The molecule has 5 nitrogen and oxygen atoms in total. The summed E-state index contributed by atoms with van der Waals surface area (Å²) in [4.78, 5) is 14.9. The second-order valence-electron chi connectivity index (χ2n) is 8.40. The van der Waals surface area contributed by atoms with Crippen molar-refractivity contribution in [1.82, 2.24) is 14.7 Å². The summed E-state index contributed by atoms with van der Waals surface area (Å²) in [6.45, 7) is 8.24. The fourth-order valence-electron chi connectivity index (χ4n) is 3.63. The van der Waals surface area contributed by atoms with Crippen LogP contribution in [0.3, 0.4) is 0 Å². The third-order valence-corrected chi connectivity index (χ3v) is 5.22. The first-order valence-corrected chi connectivity index (χ1v) is 9.31. The third kappa shape index (κ3) is 3.54. The fourth-order valence-corrected chi connectivity index (χ4v) is 3.63. The Hall–Kier alpha value is -2.14. The highest BCUT2D eigenvalue weighted by Gasteiger charge is 2.35. The Morgan fingerprint density at radius 1 is 1.23 bits per heavy atom. The lowest BCUT2D eigenvalue weighted by Gasteiger charge is -2.28. The number of aryl methyl sites for hydroxylation is 1. The van der Waals surface area contributed by atoms with E-state index in [9.17, 15) is 9.90 Å². The van der Waals surface area contributed by atoms with Crippen molar-refractivity contribution in [1.29, 1.82) is 0 Å². The van der Waals surface area contributed by atoms with Crippen LogP contribution in [0.2, 0.25) is 0 Å². The molecule has 3 rings (SSSR count). The molecule has 1 heterocycles. The van der Waals surface area contributed by atoms with Crippen LogP contribution in [0.4, 0.5) is 0 Å². The van der Waals surface area contributed by atoms with Gasteiger partial charge < -0.3 is 10.0 Å². The molecule has 140 valence electrons. The van der Waals surface area contributed by atoms with Crippen LogP contribution in [0.5, 0.6) is 0 Å². The van der Waals surface area contributed by atoms with Crippen LogP contribution in [0.1, 0.15) is 61.6 Å². The SMILES string of the molecule is Cc1ccc(-n2cc(C(=O)N(C)[C@@H]3CCC[C@H]3O)c(C(C)(C)C)n2)cc1. The van der Waals surface area contributed by atoms with Gasteiger partial charge in [0.25, 0.3) is 5.91 Å². The van der Waals surface area contributed by atoms with Crippen molar-refractivity contribution in [2.75, 3.05) is 7.05 Å². The monoisotopic (exact) mass is 355 g/mol. The number of benzene rings is 1. The average molecular weight is 355 g/mol. The minimum atomic E-state index is -0.436. The molecule has 0 radical (unpaired) electrons. The van der Waals surface area contributed by atoms with Gasteiger partial charge >= 0.3 is 0 Å². The number of rotatable bonds is 3. The van der Waals surface area contributed by atoms with E-state index in [0.29, 0.717) is 5.56 Å². The maximum Gasteiger partial charge on any atom is 0.257 e. The Morgan fingerprint density at radius 3 is 2.42 bits per heavy atom. The van der Waals surface area contributed by atoms with Gasteiger partial charge in [-0.3, -0.25) is 4.79 Å². The van der Waals surface area contributed by atoms with Crippen molar-refractivity contribution in [3.05, 3.63) is 47.3 Å². The molecule has 0 bridgehead atoms. The first kappa shape index (κ1) is 18.6. The molecule has 1 saturated carbocycles. The van der Waals surface area contributed by atoms with Gasteiger partial charge in [0, 0.05) is 18.7 Å². The van der Waals surface area contributed by atoms with E-state index in [4.69, 9.17) is 5.10 Å². The van der Waals surface area contributed by atoms with E-state index in [-0.39, 0.29) is 17.4 Å². The summed E-state index contributed by atoms with van der Waals surface area (Å²) in [7, 11) is 1.79. The van der Waals surface area contributed by atoms with Crippen LogP contribution in [0, 0.1) is 6.92 Å². The van der Waals surface area contributed by atoms with Crippen molar-refractivity contribution in [2.45, 2.75) is 64.5 Å². The predicted molar refractivity (Wildman–Crippen MR) is 103 cm³/mol. The van der Waals surface area contributed by atoms with Crippen LogP contribution in [0.25, 0.3) is 5.69 Å². The van der Waals surface area contributed by atoms with E-state index in [1.54, 1.807) is 16.6 Å². The fraction of sp³-hybridized carbons (Fsp3) is 0.524. The van der Waals surface area contributed by atoms with E-state index in [1.807, 2.05) is 37.4 Å². The van der Waals surface area contributed by atoms with Crippen molar-refractivity contribution >= 4 is 5.91 Å². The van der Waals surface area contributed by atoms with Crippen LogP contribution in [0.15, 0.2) is 30.5 Å². The summed E-state index contributed by atoms with van der Waals surface area (Å²) in [6.07, 6.45) is 3.95. The molecule has 1 aliphatic rings. The summed E-state index contributed by atoms with van der Waals surface area (Å²) >= 11 is 0. The molecule has 26 heavy (non-hydrogen) atoms. The zero-order valence-corrected chi connectivity index (χ0v) is 16.4. The number of amides is 1. The predicted octanol–water partition coefficient (Wildman–Crippen LogP) is 3.46. The van der Waals surface area contributed by atoms with Gasteiger partial charge in [0.2, 0.25) is 0 Å². The maximum atomic E-state index is 13.2. The molecule has 0 spiro atoms. The van der Waals surface area contributed by atoms with Crippen LogP contribution in [-0.4, -0.2) is 44.9 Å². The third-order valence-electron chi connectivity index (χ3n) is 5.22. The molecular weight excluding hydrogens is 326 g/mol. The van der Waals surface area contributed by atoms with Gasteiger partial charge in [-0.05, 0) is 38.3 Å². The molecule has 0 saturated heterocycles. The smallest absolute Gasteiger partial charge is 0.257 e. The molecule has 1 fully saturated rings. The topological polar surface area (TPSA) is 58.4 Å². The summed E-state index contributed by atoms with van der Waals surface area (Å²) in [5, 5.41) is 14.9. The quantitative estimate of drug-likeness (QED) is 0.917. The minimum absolute atomic E-state index is 0.0702. The lowest BCUT2D eigenvalue weighted by Crippen LogP contribution is -2.42. The zero-order valence-electron chi connectivity index (χ0n) is 16.4. The number of nitrogens with zero attached hydrogens (tertiary/aromatic N) is 3. The molecule has 0 aliphatic heterocycles. The highest BCUT2D eigenvalue weighted by Crippen LogP contribution is 2.29. The lowest BCUT2D eigenvalue weighted by atomic mass is 9.89. The van der Waals surface area contributed by atoms with Crippen LogP contribution in [-0.2, 0) is 5.41 Å². The van der Waals surface area contributed by atoms with Crippen molar-refractivity contribution in [3.63, 3.8) is 0 Å². The molecule has 2 aromatic rings. The number of carbonyl (C=O) groups is 1. The lowest BCUT2D eigenvalue weighted by molar-refractivity contribution is 0.0536. The van der Waals surface area contributed by atoms with Crippen molar-refractivity contribution < 1.29 is 9.90 Å². The number of hydrogen-bond acceptors (Lipinski definition) is 3. The molecule has 1 aliphatic carbocycles. The molecular formula is C21H29N3O2. The van der Waals surface area contributed by atoms with Crippen molar-refractivity contribution in [2.24, 2.45) is 0 Å². The van der Waals surface area contributed by atoms with Crippen molar-refractivity contribution in [3.8, 4) is 5.69 Å². The Bertz CT molecular complexity index is 787. The molecule has 1 N–H and O–H groups in total. The summed E-state index contributed by atoms with van der Waals surface area (Å²) in [5.41, 5.74) is 3.25. The van der Waals surface area contributed by atoms with Gasteiger partial charge in [-0.25, -0.2) is 4.68 Å². The first-order chi connectivity index (χ1) is 12.2. The summed E-state index contributed by atoms with van der Waals surface area (Å²) in [5.74, 6) is -0.0702. The van der Waals surface area contributed by atoms with Gasteiger partial charge in [-0.15, -0.1) is 0 Å². The van der Waals surface area contributed by atoms with Crippen LogP contribution < -0.4 is 0 Å². The van der Waals surface area contributed by atoms with Gasteiger partial charge in [-0.1, -0.05) is 38.5 Å². The van der Waals surface area contributed by atoms with Crippen LogP contribution >= 0.6 is 0 Å². The number of hydrogen-bond donors (Lipinski definition) is 1. The number of aliphatic hydroxyl groups is 1. The Balaban J connectivity index is 1.99. The normalized spacial score (nSPS) is 20.4. The molecule has 2 atom stereocenters. The van der Waals surface area contributed by atoms with E-state index < -0.39 is 6.10 Å². The Labute approximate surface area is 155 Å². The average Bonchev–Trinajstić information content (AvgIpc) is 3.20. The number of aliphatic hydroxyl groups excluding tert-OH is 1. The molecule has 1 amide bonds. The molecule has 5 heteroatoms. The number of aromatic nitrogens is 2. The van der Waals surface area contributed by atoms with Gasteiger partial charge in [0.05, 0.1) is 29.1 Å². The van der Waals surface area contributed by atoms with E-state index >= 15 is 0 Å². The first-order valence-electron chi connectivity index (χ1n) is 9.31. The molecule has 1 aromatic heterocycles. The number of likely N-dealkylation sites (N-methyl/N-ethyl adjacent to an activating group) is 1. The highest BCUT2D eigenvalue weighted by atomic mass is 16.3. The summed E-state index contributed by atoms with van der Waals surface area (Å²) < 4.78 is 1.78. The largest absolute Gasteiger partial charge is 0.391 e. The second kappa shape index (κ2) is 6.88. The van der Waals surface area contributed by atoms with E-state index in [0.717, 1.165) is 30.6 Å².